The zero-order valence-corrected chi connectivity index (χ0v) is 9.94. The highest BCUT2D eigenvalue weighted by Crippen LogP contribution is 2.28. The Morgan fingerprint density at radius 2 is 2.29 bits per heavy atom. The second-order valence-corrected chi connectivity index (χ2v) is 5.02. The third-order valence-corrected chi connectivity index (χ3v) is 4.15. The van der Waals surface area contributed by atoms with Gasteiger partial charge in [-0.25, -0.2) is 4.98 Å². The summed E-state index contributed by atoms with van der Waals surface area (Å²) in [6.45, 7) is 4.56. The van der Waals surface area contributed by atoms with E-state index in [2.05, 4.69) is 16.8 Å². The molecule has 0 spiro atoms. The van der Waals surface area contributed by atoms with E-state index in [0.29, 0.717) is 5.15 Å². The lowest BCUT2D eigenvalue weighted by Gasteiger charge is -2.31. The van der Waals surface area contributed by atoms with Crippen LogP contribution in [0, 0.1) is 5.92 Å². The van der Waals surface area contributed by atoms with E-state index < -0.39 is 0 Å². The van der Waals surface area contributed by atoms with Crippen molar-refractivity contribution in [1.82, 2.24) is 4.98 Å². The molecule has 2 rings (SSSR count). The topological polar surface area (TPSA) is 16.1 Å². The van der Waals surface area contributed by atoms with Crippen molar-refractivity contribution in [2.75, 3.05) is 18.0 Å². The normalized spacial score (nSPS) is 18.9. The number of piperidine rings is 1. The molecule has 0 unspecified atom stereocenters. The number of halogens is 1. The van der Waals surface area contributed by atoms with Crippen molar-refractivity contribution >= 4 is 28.1 Å². The highest BCUT2D eigenvalue weighted by molar-refractivity contribution is 7.14. The van der Waals surface area contributed by atoms with Crippen molar-refractivity contribution in [3.8, 4) is 0 Å². The SMILES string of the molecule is CCC1CCN(c2nc(Cl)cs2)CC1. The van der Waals surface area contributed by atoms with Gasteiger partial charge in [0, 0.05) is 18.5 Å². The van der Waals surface area contributed by atoms with Gasteiger partial charge in [-0.3, -0.25) is 0 Å². The van der Waals surface area contributed by atoms with Crippen LogP contribution in [0.25, 0.3) is 0 Å². The fraction of sp³-hybridized carbons (Fsp3) is 0.700. The van der Waals surface area contributed by atoms with Crippen molar-refractivity contribution in [2.24, 2.45) is 5.92 Å². The van der Waals surface area contributed by atoms with Crippen LogP contribution in [0.3, 0.4) is 0 Å². The molecule has 0 N–H and O–H groups in total. The molecule has 1 saturated heterocycles. The van der Waals surface area contributed by atoms with Gasteiger partial charge in [0.2, 0.25) is 0 Å². The van der Waals surface area contributed by atoms with E-state index in [4.69, 9.17) is 11.6 Å². The second-order valence-electron chi connectivity index (χ2n) is 3.79. The summed E-state index contributed by atoms with van der Waals surface area (Å²) in [6, 6.07) is 0. The third-order valence-electron chi connectivity index (χ3n) is 2.93. The number of hydrogen-bond donors (Lipinski definition) is 0. The standard InChI is InChI=1S/C10H15ClN2S/c1-2-8-3-5-13(6-4-8)10-12-9(11)7-14-10/h7-8H,2-6H2,1H3. The van der Waals surface area contributed by atoms with Crippen molar-refractivity contribution in [3.05, 3.63) is 10.5 Å². The molecule has 0 atom stereocenters. The van der Waals surface area contributed by atoms with Crippen molar-refractivity contribution < 1.29 is 0 Å². The number of hydrogen-bond acceptors (Lipinski definition) is 3. The van der Waals surface area contributed by atoms with Gasteiger partial charge < -0.3 is 4.90 Å². The Bertz CT molecular complexity index is 292. The summed E-state index contributed by atoms with van der Waals surface area (Å²) in [5, 5.41) is 3.62. The molecule has 0 saturated carbocycles. The summed E-state index contributed by atoms with van der Waals surface area (Å²) in [6.07, 6.45) is 3.91. The van der Waals surface area contributed by atoms with E-state index in [1.165, 1.54) is 19.3 Å². The molecule has 0 radical (unpaired) electrons. The molecule has 1 fully saturated rings. The zero-order valence-electron chi connectivity index (χ0n) is 8.37. The van der Waals surface area contributed by atoms with Gasteiger partial charge in [-0.1, -0.05) is 24.9 Å². The molecule has 78 valence electrons. The Balaban J connectivity index is 1.95. The smallest absolute Gasteiger partial charge is 0.186 e. The molecule has 2 heterocycles. The quantitative estimate of drug-likeness (QED) is 0.774. The number of rotatable bonds is 2. The van der Waals surface area contributed by atoms with E-state index >= 15 is 0 Å². The monoisotopic (exact) mass is 230 g/mol. The average molecular weight is 231 g/mol. The number of thiazole rings is 1. The van der Waals surface area contributed by atoms with Gasteiger partial charge in [0.1, 0.15) is 5.15 Å². The molecular formula is C10H15ClN2S. The van der Waals surface area contributed by atoms with E-state index in [0.717, 1.165) is 24.1 Å². The Labute approximate surface area is 93.9 Å². The van der Waals surface area contributed by atoms with Crippen LogP contribution < -0.4 is 4.90 Å². The minimum atomic E-state index is 0.627. The molecule has 0 aromatic carbocycles. The van der Waals surface area contributed by atoms with Crippen LogP contribution in [-0.2, 0) is 0 Å². The highest BCUT2D eigenvalue weighted by atomic mass is 35.5. The van der Waals surface area contributed by atoms with Gasteiger partial charge in [0.25, 0.3) is 0 Å². The largest absolute Gasteiger partial charge is 0.348 e. The molecule has 4 heteroatoms. The predicted octanol–water partition coefficient (Wildman–Crippen LogP) is 3.42. The lowest BCUT2D eigenvalue weighted by molar-refractivity contribution is 0.395. The van der Waals surface area contributed by atoms with Crippen LogP contribution in [0.4, 0.5) is 5.13 Å². The first-order valence-electron chi connectivity index (χ1n) is 5.15. The summed E-state index contributed by atoms with van der Waals surface area (Å²) in [5.41, 5.74) is 0. The zero-order chi connectivity index (χ0) is 9.97. The van der Waals surface area contributed by atoms with E-state index in [1.807, 2.05) is 5.38 Å². The molecule has 2 nitrogen and oxygen atoms in total. The second kappa shape index (κ2) is 4.49. The molecule has 1 aliphatic rings. The summed E-state index contributed by atoms with van der Waals surface area (Å²) in [5.74, 6) is 0.918. The first kappa shape index (κ1) is 10.2. The summed E-state index contributed by atoms with van der Waals surface area (Å²) >= 11 is 7.46. The van der Waals surface area contributed by atoms with Crippen molar-refractivity contribution in [3.63, 3.8) is 0 Å². The van der Waals surface area contributed by atoms with Crippen LogP contribution in [0.2, 0.25) is 5.15 Å². The first-order valence-corrected chi connectivity index (χ1v) is 6.41. The first-order chi connectivity index (χ1) is 6.79. The van der Waals surface area contributed by atoms with E-state index in [9.17, 15) is 0 Å². The molecule has 1 aromatic rings. The van der Waals surface area contributed by atoms with Crippen molar-refractivity contribution in [1.29, 1.82) is 0 Å². The fourth-order valence-corrected chi connectivity index (χ4v) is 2.93. The maximum atomic E-state index is 5.81. The molecule has 0 bridgehead atoms. The lowest BCUT2D eigenvalue weighted by atomic mass is 9.95. The van der Waals surface area contributed by atoms with Gasteiger partial charge in [0.05, 0.1) is 0 Å². The Morgan fingerprint density at radius 3 is 2.79 bits per heavy atom. The summed E-state index contributed by atoms with van der Waals surface area (Å²) in [7, 11) is 0. The van der Waals surface area contributed by atoms with Gasteiger partial charge in [-0.05, 0) is 18.8 Å². The summed E-state index contributed by atoms with van der Waals surface area (Å²) < 4.78 is 0. The number of aromatic nitrogens is 1. The molecule has 1 aromatic heterocycles. The van der Waals surface area contributed by atoms with Gasteiger partial charge in [-0.15, -0.1) is 11.3 Å². The van der Waals surface area contributed by atoms with Crippen LogP contribution in [0.1, 0.15) is 26.2 Å². The Hall–Kier alpha value is -0.280. The maximum absolute atomic E-state index is 5.81. The number of nitrogens with zero attached hydrogens (tertiary/aromatic N) is 2. The average Bonchev–Trinajstić information content (AvgIpc) is 2.65. The molecular weight excluding hydrogens is 216 g/mol. The van der Waals surface area contributed by atoms with Gasteiger partial charge >= 0.3 is 0 Å². The molecule has 1 aliphatic heterocycles. The van der Waals surface area contributed by atoms with Crippen LogP contribution >= 0.6 is 22.9 Å². The minimum absolute atomic E-state index is 0.627. The number of anilines is 1. The van der Waals surface area contributed by atoms with E-state index in [-0.39, 0.29) is 0 Å². The van der Waals surface area contributed by atoms with E-state index in [1.54, 1.807) is 11.3 Å². The van der Waals surface area contributed by atoms with Gasteiger partial charge in [0.15, 0.2) is 5.13 Å². The minimum Gasteiger partial charge on any atom is -0.348 e. The van der Waals surface area contributed by atoms with Crippen LogP contribution in [-0.4, -0.2) is 18.1 Å². The Kier molecular flexibility index (Phi) is 3.29. The lowest BCUT2D eigenvalue weighted by Crippen LogP contribution is -2.33. The molecule has 0 aliphatic carbocycles. The molecule has 0 amide bonds. The third kappa shape index (κ3) is 2.20. The molecule has 14 heavy (non-hydrogen) atoms. The van der Waals surface area contributed by atoms with Crippen molar-refractivity contribution in [2.45, 2.75) is 26.2 Å². The van der Waals surface area contributed by atoms with Gasteiger partial charge in [-0.2, -0.15) is 0 Å². The Morgan fingerprint density at radius 1 is 1.57 bits per heavy atom. The van der Waals surface area contributed by atoms with Crippen LogP contribution in [0.15, 0.2) is 5.38 Å². The fourth-order valence-electron chi connectivity index (χ4n) is 1.92. The predicted molar refractivity (Wildman–Crippen MR) is 62.4 cm³/mol. The maximum Gasteiger partial charge on any atom is 0.186 e. The van der Waals surface area contributed by atoms with Crippen LogP contribution in [0.5, 0.6) is 0 Å². The summed E-state index contributed by atoms with van der Waals surface area (Å²) in [4.78, 5) is 6.65. The highest BCUT2D eigenvalue weighted by Gasteiger charge is 2.19.